The van der Waals surface area contributed by atoms with Crippen molar-refractivity contribution in [1.29, 1.82) is 0 Å². The van der Waals surface area contributed by atoms with Crippen LogP contribution in [0.5, 0.6) is 0 Å². The molecule has 5 heteroatoms. The highest BCUT2D eigenvalue weighted by molar-refractivity contribution is 7.88. The highest BCUT2D eigenvalue weighted by atomic mass is 32.2. The van der Waals surface area contributed by atoms with Crippen molar-refractivity contribution in [2.75, 3.05) is 6.26 Å². The maximum Gasteiger partial charge on any atom is 0.221 e. The van der Waals surface area contributed by atoms with E-state index >= 15 is 0 Å². The van der Waals surface area contributed by atoms with E-state index in [1.807, 2.05) is 60.7 Å². The molecule has 0 fully saturated rings. The number of sulfonamides is 1. The van der Waals surface area contributed by atoms with Gasteiger partial charge in [0.2, 0.25) is 10.0 Å². The van der Waals surface area contributed by atoms with Gasteiger partial charge in [-0.15, -0.1) is 4.83 Å². The number of hydrogen-bond acceptors (Lipinski definition) is 3. The largest absolute Gasteiger partial charge is 0.222 e. The van der Waals surface area contributed by atoms with Gasteiger partial charge in [-0.2, -0.15) is 0 Å². The topological polar surface area (TPSA) is 49.4 Å². The fourth-order valence-corrected chi connectivity index (χ4v) is 2.56. The molecule has 0 saturated carbocycles. The predicted octanol–water partition coefficient (Wildman–Crippen LogP) is 2.15. The molecule has 0 unspecified atom stereocenters. The van der Waals surface area contributed by atoms with Crippen molar-refractivity contribution in [3.05, 3.63) is 71.8 Å². The SMILES string of the molecule is CS(=O)(=O)NN(Cc1ccccc1)Cc1ccccc1. The molecule has 4 nitrogen and oxygen atoms in total. The van der Waals surface area contributed by atoms with Gasteiger partial charge >= 0.3 is 0 Å². The number of hydrogen-bond donors (Lipinski definition) is 1. The summed E-state index contributed by atoms with van der Waals surface area (Å²) in [6, 6.07) is 19.5. The molecule has 0 aliphatic heterocycles. The number of nitrogens with one attached hydrogen (secondary N) is 1. The number of benzene rings is 2. The van der Waals surface area contributed by atoms with Crippen molar-refractivity contribution in [2.24, 2.45) is 0 Å². The van der Waals surface area contributed by atoms with Gasteiger partial charge < -0.3 is 0 Å². The summed E-state index contributed by atoms with van der Waals surface area (Å²) < 4.78 is 22.9. The number of nitrogens with zero attached hydrogens (tertiary/aromatic N) is 1. The van der Waals surface area contributed by atoms with Crippen LogP contribution >= 0.6 is 0 Å². The fraction of sp³-hybridized carbons (Fsp3) is 0.200. The lowest BCUT2D eigenvalue weighted by Gasteiger charge is -2.22. The van der Waals surface area contributed by atoms with Crippen molar-refractivity contribution in [1.82, 2.24) is 9.84 Å². The molecular weight excluding hydrogens is 272 g/mol. The van der Waals surface area contributed by atoms with Gasteiger partial charge in [0.1, 0.15) is 0 Å². The molecule has 0 aromatic heterocycles. The van der Waals surface area contributed by atoms with E-state index in [4.69, 9.17) is 0 Å². The van der Waals surface area contributed by atoms with E-state index in [0.29, 0.717) is 13.1 Å². The van der Waals surface area contributed by atoms with Gasteiger partial charge in [-0.25, -0.2) is 13.4 Å². The van der Waals surface area contributed by atoms with E-state index in [1.165, 1.54) is 0 Å². The van der Waals surface area contributed by atoms with Crippen molar-refractivity contribution in [2.45, 2.75) is 13.1 Å². The van der Waals surface area contributed by atoms with Gasteiger partial charge in [0.05, 0.1) is 6.26 Å². The lowest BCUT2D eigenvalue weighted by molar-refractivity contribution is 0.223. The van der Waals surface area contributed by atoms with Crippen LogP contribution in [0.3, 0.4) is 0 Å². The highest BCUT2D eigenvalue weighted by Crippen LogP contribution is 2.08. The molecule has 0 atom stereocenters. The van der Waals surface area contributed by atoms with E-state index in [1.54, 1.807) is 5.01 Å². The molecule has 0 aliphatic rings. The zero-order chi connectivity index (χ0) is 14.4. The fourth-order valence-electron chi connectivity index (χ4n) is 1.96. The van der Waals surface area contributed by atoms with Crippen LogP contribution < -0.4 is 4.83 Å². The minimum absolute atomic E-state index is 0.517. The Morgan fingerprint density at radius 1 is 0.850 bits per heavy atom. The Hall–Kier alpha value is -1.69. The summed E-state index contributed by atoms with van der Waals surface area (Å²) in [5, 5.41) is 1.69. The molecule has 20 heavy (non-hydrogen) atoms. The smallest absolute Gasteiger partial charge is 0.221 e. The first kappa shape index (κ1) is 14.7. The van der Waals surface area contributed by atoms with Crippen molar-refractivity contribution < 1.29 is 8.42 Å². The van der Waals surface area contributed by atoms with E-state index in [-0.39, 0.29) is 0 Å². The Labute approximate surface area is 120 Å². The van der Waals surface area contributed by atoms with Crippen molar-refractivity contribution in [3.8, 4) is 0 Å². The zero-order valence-electron chi connectivity index (χ0n) is 11.4. The quantitative estimate of drug-likeness (QED) is 0.829. The van der Waals surface area contributed by atoms with E-state index < -0.39 is 10.0 Å². The maximum absolute atomic E-state index is 11.5. The lowest BCUT2D eigenvalue weighted by Crippen LogP contribution is -2.40. The first-order chi connectivity index (χ1) is 9.53. The normalized spacial score (nSPS) is 11.7. The molecule has 1 N–H and O–H groups in total. The van der Waals surface area contributed by atoms with E-state index in [0.717, 1.165) is 17.4 Å². The van der Waals surface area contributed by atoms with Gasteiger partial charge in [-0.05, 0) is 11.1 Å². The standard InChI is InChI=1S/C15H18N2O2S/c1-20(18,19)16-17(12-14-8-4-2-5-9-14)13-15-10-6-3-7-11-15/h2-11,16H,12-13H2,1H3. The second-order valence-corrected chi connectivity index (χ2v) is 6.42. The van der Waals surface area contributed by atoms with Gasteiger partial charge in [0.25, 0.3) is 0 Å². The van der Waals surface area contributed by atoms with Gasteiger partial charge in [-0.3, -0.25) is 0 Å². The molecule has 0 spiro atoms. The predicted molar refractivity (Wildman–Crippen MR) is 80.1 cm³/mol. The number of hydrazine groups is 1. The zero-order valence-corrected chi connectivity index (χ0v) is 12.2. The molecule has 2 aromatic carbocycles. The second kappa shape index (κ2) is 6.65. The van der Waals surface area contributed by atoms with Gasteiger partial charge in [0, 0.05) is 13.1 Å². The van der Waals surface area contributed by atoms with E-state index in [2.05, 4.69) is 4.83 Å². The van der Waals surface area contributed by atoms with Crippen LogP contribution in [0.25, 0.3) is 0 Å². The maximum atomic E-state index is 11.5. The van der Waals surface area contributed by atoms with E-state index in [9.17, 15) is 8.42 Å². The first-order valence-electron chi connectivity index (χ1n) is 6.33. The molecule has 2 rings (SSSR count). The average molecular weight is 290 g/mol. The Kier molecular flexibility index (Phi) is 4.89. The third-order valence-corrected chi connectivity index (χ3v) is 3.32. The van der Waals surface area contributed by atoms with Crippen LogP contribution in [0.15, 0.2) is 60.7 Å². The summed E-state index contributed by atoms with van der Waals surface area (Å²) in [6.45, 7) is 1.03. The van der Waals surface area contributed by atoms with Gasteiger partial charge in [-0.1, -0.05) is 60.7 Å². The third kappa shape index (κ3) is 5.13. The molecule has 0 amide bonds. The monoisotopic (exact) mass is 290 g/mol. The molecule has 0 heterocycles. The third-order valence-electron chi connectivity index (χ3n) is 2.73. The summed E-state index contributed by atoms with van der Waals surface area (Å²) in [4.78, 5) is 2.56. The Morgan fingerprint density at radius 2 is 1.25 bits per heavy atom. The van der Waals surface area contributed by atoms with Crippen LogP contribution in [-0.4, -0.2) is 19.7 Å². The lowest BCUT2D eigenvalue weighted by atomic mass is 10.2. The van der Waals surface area contributed by atoms with Gasteiger partial charge in [0.15, 0.2) is 0 Å². The number of rotatable bonds is 6. The first-order valence-corrected chi connectivity index (χ1v) is 8.22. The second-order valence-electron chi connectivity index (χ2n) is 4.69. The van der Waals surface area contributed by atoms with Crippen LogP contribution in [0.4, 0.5) is 0 Å². The van der Waals surface area contributed by atoms with Crippen LogP contribution in [0.2, 0.25) is 0 Å². The summed E-state index contributed by atoms with van der Waals surface area (Å²) in [5.74, 6) is 0. The summed E-state index contributed by atoms with van der Waals surface area (Å²) in [7, 11) is -3.29. The Bertz CT molecular complexity index is 586. The Morgan fingerprint density at radius 3 is 1.60 bits per heavy atom. The van der Waals surface area contributed by atoms with Crippen molar-refractivity contribution >= 4 is 10.0 Å². The molecule has 0 aliphatic carbocycles. The van der Waals surface area contributed by atoms with Crippen molar-refractivity contribution in [3.63, 3.8) is 0 Å². The minimum atomic E-state index is -3.29. The summed E-state index contributed by atoms with van der Waals surface area (Å²) in [5.41, 5.74) is 2.11. The minimum Gasteiger partial charge on any atom is -0.222 e. The molecular formula is C15H18N2O2S. The highest BCUT2D eigenvalue weighted by Gasteiger charge is 2.11. The molecule has 106 valence electrons. The molecule has 0 saturated heterocycles. The van der Waals surface area contributed by atoms with Crippen LogP contribution in [-0.2, 0) is 23.1 Å². The van der Waals surface area contributed by atoms with Crippen LogP contribution in [0, 0.1) is 0 Å². The van der Waals surface area contributed by atoms with Crippen LogP contribution in [0.1, 0.15) is 11.1 Å². The Balaban J connectivity index is 2.12. The summed E-state index contributed by atoms with van der Waals surface area (Å²) >= 11 is 0. The molecule has 2 aromatic rings. The average Bonchev–Trinajstić information content (AvgIpc) is 2.39. The molecule has 0 bridgehead atoms. The summed E-state index contributed by atoms with van der Waals surface area (Å²) in [6.07, 6.45) is 1.16. The molecule has 0 radical (unpaired) electrons.